The van der Waals surface area contributed by atoms with Crippen molar-refractivity contribution in [2.75, 3.05) is 6.61 Å². The monoisotopic (exact) mass is 226 g/mol. The number of carboxylic acid groups (broad SMARTS) is 1. The van der Waals surface area contributed by atoms with Crippen molar-refractivity contribution in [2.45, 2.75) is 46.1 Å². The summed E-state index contributed by atoms with van der Waals surface area (Å²) in [5.74, 6) is -0.503. The Balaban J connectivity index is 2.52. The molecule has 0 bridgehead atoms. The molecule has 3 heteroatoms. The molecule has 0 aromatic carbocycles. The van der Waals surface area contributed by atoms with E-state index in [4.69, 9.17) is 9.84 Å². The number of allylic oxidation sites excluding steroid dienone is 1. The summed E-state index contributed by atoms with van der Waals surface area (Å²) in [6.45, 7) is 10.3. The number of ether oxygens (including phenoxy) is 1. The Bertz CT molecular complexity index is 281. The summed E-state index contributed by atoms with van der Waals surface area (Å²) in [6, 6.07) is 0. The highest BCUT2D eigenvalue weighted by atomic mass is 16.5. The zero-order chi connectivity index (χ0) is 12.3. The fraction of sp³-hybridized carbons (Fsp3) is 0.769. The number of rotatable bonds is 4. The minimum absolute atomic E-state index is 0.00701. The van der Waals surface area contributed by atoms with Gasteiger partial charge in [-0.25, -0.2) is 4.79 Å². The van der Waals surface area contributed by atoms with Crippen LogP contribution in [0.2, 0.25) is 0 Å². The van der Waals surface area contributed by atoms with E-state index in [0.29, 0.717) is 5.92 Å². The quantitative estimate of drug-likeness (QED) is 0.750. The van der Waals surface area contributed by atoms with Gasteiger partial charge in [0.15, 0.2) is 0 Å². The van der Waals surface area contributed by atoms with Gasteiger partial charge in [0.2, 0.25) is 0 Å². The van der Waals surface area contributed by atoms with Crippen molar-refractivity contribution in [1.29, 1.82) is 0 Å². The Labute approximate surface area is 97.5 Å². The lowest BCUT2D eigenvalue weighted by atomic mass is 9.69. The van der Waals surface area contributed by atoms with Gasteiger partial charge in [-0.05, 0) is 37.5 Å². The van der Waals surface area contributed by atoms with Gasteiger partial charge < -0.3 is 9.84 Å². The van der Waals surface area contributed by atoms with Crippen LogP contribution < -0.4 is 0 Å². The summed E-state index contributed by atoms with van der Waals surface area (Å²) < 4.78 is 5.34. The molecule has 92 valence electrons. The third-order valence-electron chi connectivity index (χ3n) is 3.23. The molecule has 0 heterocycles. The molecular weight excluding hydrogens is 204 g/mol. The summed E-state index contributed by atoms with van der Waals surface area (Å²) in [7, 11) is 0. The largest absolute Gasteiger partial charge is 0.480 e. The molecular formula is C13H22O3. The second-order valence-electron chi connectivity index (χ2n) is 5.67. The van der Waals surface area contributed by atoms with Gasteiger partial charge in [0.25, 0.3) is 0 Å². The van der Waals surface area contributed by atoms with Gasteiger partial charge in [0.05, 0.1) is 6.10 Å². The molecule has 1 aliphatic carbocycles. The van der Waals surface area contributed by atoms with Crippen LogP contribution in [0.4, 0.5) is 0 Å². The van der Waals surface area contributed by atoms with E-state index in [2.05, 4.69) is 20.4 Å². The summed E-state index contributed by atoms with van der Waals surface area (Å²) in [5, 5.41) is 8.57. The van der Waals surface area contributed by atoms with Gasteiger partial charge in [-0.1, -0.05) is 26.0 Å². The summed E-state index contributed by atoms with van der Waals surface area (Å²) >= 11 is 0. The van der Waals surface area contributed by atoms with Crippen LogP contribution in [0.15, 0.2) is 12.2 Å². The van der Waals surface area contributed by atoms with E-state index in [1.54, 1.807) is 0 Å². The van der Waals surface area contributed by atoms with Crippen molar-refractivity contribution in [1.82, 2.24) is 0 Å². The predicted octanol–water partition coefficient (Wildman–Crippen LogP) is 2.86. The highest BCUT2D eigenvalue weighted by Crippen LogP contribution is 2.42. The van der Waals surface area contributed by atoms with Crippen molar-refractivity contribution in [2.24, 2.45) is 11.3 Å². The van der Waals surface area contributed by atoms with Crippen LogP contribution in [0, 0.1) is 11.3 Å². The van der Waals surface area contributed by atoms with Crippen molar-refractivity contribution < 1.29 is 14.6 Å². The highest BCUT2D eigenvalue weighted by Gasteiger charge is 2.33. The zero-order valence-corrected chi connectivity index (χ0v) is 10.5. The first-order valence-electron chi connectivity index (χ1n) is 5.80. The molecule has 0 aromatic heterocycles. The average Bonchev–Trinajstić information content (AvgIpc) is 2.10. The van der Waals surface area contributed by atoms with Gasteiger partial charge >= 0.3 is 5.97 Å². The minimum atomic E-state index is -0.902. The van der Waals surface area contributed by atoms with Gasteiger partial charge in [0, 0.05) is 0 Å². The maximum Gasteiger partial charge on any atom is 0.329 e. The molecule has 1 saturated carbocycles. The lowest BCUT2D eigenvalue weighted by Gasteiger charge is -2.39. The van der Waals surface area contributed by atoms with Crippen LogP contribution in [-0.2, 0) is 9.53 Å². The molecule has 0 spiro atoms. The number of carboxylic acids is 1. The summed E-state index contributed by atoms with van der Waals surface area (Å²) in [5.41, 5.74) is 1.52. The zero-order valence-electron chi connectivity index (χ0n) is 10.5. The normalized spacial score (nSPS) is 26.4. The third kappa shape index (κ3) is 3.97. The van der Waals surface area contributed by atoms with Gasteiger partial charge in [0.1, 0.15) is 6.61 Å². The van der Waals surface area contributed by atoms with Crippen LogP contribution in [0.3, 0.4) is 0 Å². The molecule has 0 amide bonds. The first-order chi connectivity index (χ1) is 7.30. The second kappa shape index (κ2) is 5.00. The Morgan fingerprint density at radius 1 is 1.69 bits per heavy atom. The van der Waals surface area contributed by atoms with Crippen LogP contribution in [0.1, 0.15) is 40.0 Å². The first kappa shape index (κ1) is 13.2. The minimum Gasteiger partial charge on any atom is -0.480 e. The smallest absolute Gasteiger partial charge is 0.329 e. The molecule has 1 fully saturated rings. The van der Waals surface area contributed by atoms with E-state index in [0.717, 1.165) is 19.3 Å². The Morgan fingerprint density at radius 2 is 2.31 bits per heavy atom. The van der Waals surface area contributed by atoms with Gasteiger partial charge in [-0.2, -0.15) is 0 Å². The fourth-order valence-electron chi connectivity index (χ4n) is 2.64. The van der Waals surface area contributed by atoms with Crippen LogP contribution in [0.5, 0.6) is 0 Å². The standard InChI is InChI=1S/C13H22O3/c1-9-5-11(7-13(3,4)6-9)10(2)16-8-12(14)15/h10-11H,1,5-8H2,2-4H3,(H,14,15). The van der Waals surface area contributed by atoms with Gasteiger partial charge in [-0.3, -0.25) is 0 Å². The second-order valence-corrected chi connectivity index (χ2v) is 5.67. The molecule has 1 aliphatic rings. The van der Waals surface area contributed by atoms with E-state index in [1.807, 2.05) is 6.92 Å². The van der Waals surface area contributed by atoms with Crippen molar-refractivity contribution in [3.63, 3.8) is 0 Å². The Kier molecular flexibility index (Phi) is 4.14. The maximum atomic E-state index is 10.4. The number of carbonyl (C=O) groups is 1. The molecule has 2 atom stereocenters. The molecule has 0 aliphatic heterocycles. The summed E-state index contributed by atoms with van der Waals surface area (Å²) in [6.07, 6.45) is 3.10. The first-order valence-corrected chi connectivity index (χ1v) is 5.80. The molecule has 1 N–H and O–H groups in total. The molecule has 0 radical (unpaired) electrons. The highest BCUT2D eigenvalue weighted by molar-refractivity contribution is 5.68. The van der Waals surface area contributed by atoms with E-state index < -0.39 is 5.97 Å². The van der Waals surface area contributed by atoms with E-state index in [1.165, 1.54) is 5.57 Å². The lowest BCUT2D eigenvalue weighted by molar-refractivity contribution is -0.145. The third-order valence-corrected chi connectivity index (χ3v) is 3.23. The Morgan fingerprint density at radius 3 is 2.81 bits per heavy atom. The molecule has 3 nitrogen and oxygen atoms in total. The summed E-state index contributed by atoms with van der Waals surface area (Å²) in [4.78, 5) is 10.4. The van der Waals surface area contributed by atoms with Crippen molar-refractivity contribution in [3.05, 3.63) is 12.2 Å². The predicted molar refractivity (Wildman–Crippen MR) is 63.3 cm³/mol. The van der Waals surface area contributed by atoms with Crippen LogP contribution in [0.25, 0.3) is 0 Å². The molecule has 1 rings (SSSR count). The number of aliphatic carboxylic acids is 1. The van der Waals surface area contributed by atoms with Gasteiger partial charge in [-0.15, -0.1) is 0 Å². The van der Waals surface area contributed by atoms with E-state index >= 15 is 0 Å². The molecule has 0 saturated heterocycles. The fourth-order valence-corrected chi connectivity index (χ4v) is 2.64. The SMILES string of the molecule is C=C1CC(C(C)OCC(=O)O)CC(C)(C)C1. The molecule has 0 aromatic rings. The number of hydrogen-bond donors (Lipinski definition) is 1. The van der Waals surface area contributed by atoms with E-state index in [-0.39, 0.29) is 18.1 Å². The lowest BCUT2D eigenvalue weighted by Crippen LogP contribution is -2.32. The van der Waals surface area contributed by atoms with Crippen LogP contribution >= 0.6 is 0 Å². The van der Waals surface area contributed by atoms with E-state index in [9.17, 15) is 4.79 Å². The molecule has 2 unspecified atom stereocenters. The van der Waals surface area contributed by atoms with Crippen molar-refractivity contribution in [3.8, 4) is 0 Å². The Hall–Kier alpha value is -0.830. The maximum absolute atomic E-state index is 10.4. The van der Waals surface area contributed by atoms with Crippen LogP contribution in [-0.4, -0.2) is 23.8 Å². The topological polar surface area (TPSA) is 46.5 Å². The van der Waals surface area contributed by atoms with Crippen molar-refractivity contribution >= 4 is 5.97 Å². The molecule has 16 heavy (non-hydrogen) atoms. The number of hydrogen-bond acceptors (Lipinski definition) is 2. The average molecular weight is 226 g/mol.